The lowest BCUT2D eigenvalue weighted by molar-refractivity contribution is 0.262. The first kappa shape index (κ1) is 15.7. The van der Waals surface area contributed by atoms with Crippen LogP contribution in [0.2, 0.25) is 15.1 Å². The summed E-state index contributed by atoms with van der Waals surface area (Å²) in [5.74, 6) is 0. The van der Waals surface area contributed by atoms with Gasteiger partial charge in [0, 0.05) is 8.59 Å². The van der Waals surface area contributed by atoms with Crippen molar-refractivity contribution in [2.75, 3.05) is 10.6 Å². The molecule has 2 rings (SSSR count). The normalized spacial score (nSPS) is 10.2. The van der Waals surface area contributed by atoms with E-state index in [9.17, 15) is 4.79 Å². The van der Waals surface area contributed by atoms with Gasteiger partial charge in [0.2, 0.25) is 0 Å². The number of hydrogen-bond donors (Lipinski definition) is 2. The molecule has 0 radical (unpaired) electrons. The van der Waals surface area contributed by atoms with E-state index in [1.165, 1.54) is 0 Å². The highest BCUT2D eigenvalue weighted by Gasteiger charge is 2.09. The van der Waals surface area contributed by atoms with Crippen LogP contribution in [0.25, 0.3) is 0 Å². The van der Waals surface area contributed by atoms with Crippen molar-refractivity contribution in [1.29, 1.82) is 0 Å². The first-order valence-corrected chi connectivity index (χ1v) is 7.65. The molecule has 0 saturated carbocycles. The minimum Gasteiger partial charge on any atom is -0.306 e. The van der Waals surface area contributed by atoms with Crippen LogP contribution in [-0.2, 0) is 0 Å². The predicted molar refractivity (Wildman–Crippen MR) is 93.3 cm³/mol. The van der Waals surface area contributed by atoms with Crippen LogP contribution in [0.3, 0.4) is 0 Å². The van der Waals surface area contributed by atoms with E-state index in [1.54, 1.807) is 30.3 Å². The first-order chi connectivity index (χ1) is 9.45. The lowest BCUT2D eigenvalue weighted by atomic mass is 10.3. The van der Waals surface area contributed by atoms with E-state index >= 15 is 0 Å². The topological polar surface area (TPSA) is 41.1 Å². The van der Waals surface area contributed by atoms with Gasteiger partial charge in [0.1, 0.15) is 0 Å². The molecular weight excluding hydrogens is 433 g/mol. The zero-order valence-corrected chi connectivity index (χ0v) is 14.3. The molecule has 3 nitrogen and oxygen atoms in total. The average Bonchev–Trinajstić information content (AvgIpc) is 2.37. The zero-order chi connectivity index (χ0) is 14.7. The van der Waals surface area contributed by atoms with Gasteiger partial charge in [0.25, 0.3) is 0 Å². The molecule has 0 fully saturated rings. The molecular formula is C13H8Cl3IN2O. The molecule has 104 valence electrons. The number of urea groups is 1. The highest BCUT2D eigenvalue weighted by atomic mass is 127. The van der Waals surface area contributed by atoms with Crippen molar-refractivity contribution in [3.63, 3.8) is 0 Å². The number of halogens is 4. The van der Waals surface area contributed by atoms with Crippen molar-refractivity contribution >= 4 is 74.8 Å². The number of amides is 2. The van der Waals surface area contributed by atoms with Crippen LogP contribution >= 0.6 is 57.4 Å². The van der Waals surface area contributed by atoms with Gasteiger partial charge in [-0.2, -0.15) is 0 Å². The summed E-state index contributed by atoms with van der Waals surface area (Å²) in [6.07, 6.45) is 0. The van der Waals surface area contributed by atoms with E-state index in [1.807, 2.05) is 6.07 Å². The Labute approximate surface area is 144 Å². The van der Waals surface area contributed by atoms with E-state index in [2.05, 4.69) is 33.2 Å². The Balaban J connectivity index is 2.11. The van der Waals surface area contributed by atoms with E-state index < -0.39 is 6.03 Å². The van der Waals surface area contributed by atoms with Crippen LogP contribution in [0.15, 0.2) is 36.4 Å². The van der Waals surface area contributed by atoms with Crippen molar-refractivity contribution < 1.29 is 4.79 Å². The van der Waals surface area contributed by atoms with E-state index in [4.69, 9.17) is 34.8 Å². The summed E-state index contributed by atoms with van der Waals surface area (Å²) in [4.78, 5) is 11.9. The van der Waals surface area contributed by atoms with Gasteiger partial charge in [-0.25, -0.2) is 4.79 Å². The lowest BCUT2D eigenvalue weighted by Crippen LogP contribution is -2.19. The second-order valence-corrected chi connectivity index (χ2v) is 6.32. The molecule has 2 aromatic carbocycles. The zero-order valence-electron chi connectivity index (χ0n) is 9.88. The van der Waals surface area contributed by atoms with Gasteiger partial charge in [-0.1, -0.05) is 34.8 Å². The third-order valence-corrected chi connectivity index (χ3v) is 3.90. The summed E-state index contributed by atoms with van der Waals surface area (Å²) in [5.41, 5.74) is 0.945. The van der Waals surface area contributed by atoms with Crippen molar-refractivity contribution in [3.8, 4) is 0 Å². The molecule has 2 amide bonds. The van der Waals surface area contributed by atoms with Crippen molar-refractivity contribution in [2.45, 2.75) is 0 Å². The quantitative estimate of drug-likeness (QED) is 0.560. The van der Waals surface area contributed by atoms with E-state index in [-0.39, 0.29) is 0 Å². The van der Waals surface area contributed by atoms with Gasteiger partial charge in [-0.05, 0) is 59.0 Å². The van der Waals surface area contributed by atoms with Crippen molar-refractivity contribution in [2.24, 2.45) is 0 Å². The molecule has 0 unspecified atom stereocenters. The highest BCUT2D eigenvalue weighted by Crippen LogP contribution is 2.27. The summed E-state index contributed by atoms with van der Waals surface area (Å²) in [5, 5.41) is 6.61. The highest BCUT2D eigenvalue weighted by molar-refractivity contribution is 14.1. The monoisotopic (exact) mass is 440 g/mol. The fourth-order valence-corrected chi connectivity index (χ4v) is 2.70. The van der Waals surface area contributed by atoms with Gasteiger partial charge < -0.3 is 10.6 Å². The Morgan fingerprint density at radius 3 is 2.30 bits per heavy atom. The molecule has 0 atom stereocenters. The molecule has 0 aliphatic rings. The molecule has 0 bridgehead atoms. The number of carbonyl (C=O) groups is 1. The maximum atomic E-state index is 11.9. The molecule has 0 aliphatic carbocycles. The molecule has 2 N–H and O–H groups in total. The Kier molecular flexibility index (Phi) is 5.37. The number of nitrogens with one attached hydrogen (secondary N) is 2. The standard InChI is InChI=1S/C13H8Cl3IN2O/c14-7-1-3-9(15)12(5-7)19-13(20)18-11-4-2-8(17)6-10(11)16/h1-6H,(H2,18,19,20). The molecule has 7 heteroatoms. The van der Waals surface area contributed by atoms with E-state index in [0.717, 1.165) is 3.57 Å². The van der Waals surface area contributed by atoms with Gasteiger partial charge in [0.15, 0.2) is 0 Å². The molecule has 2 aromatic rings. The molecule has 0 aromatic heterocycles. The Morgan fingerprint density at radius 1 is 0.900 bits per heavy atom. The number of anilines is 2. The SMILES string of the molecule is O=C(Nc1ccc(I)cc1Cl)Nc1cc(Cl)ccc1Cl. The van der Waals surface area contributed by atoms with Crippen LogP contribution in [0.1, 0.15) is 0 Å². The molecule has 0 spiro atoms. The maximum Gasteiger partial charge on any atom is 0.323 e. The summed E-state index contributed by atoms with van der Waals surface area (Å²) >= 11 is 20.0. The number of carbonyl (C=O) groups excluding carboxylic acids is 1. The average molecular weight is 441 g/mol. The third-order valence-electron chi connectivity index (χ3n) is 2.36. The number of hydrogen-bond acceptors (Lipinski definition) is 1. The van der Waals surface area contributed by atoms with Crippen molar-refractivity contribution in [3.05, 3.63) is 55.0 Å². The Bertz CT molecular complexity index is 664. The minimum atomic E-state index is -0.447. The maximum absolute atomic E-state index is 11.9. The van der Waals surface area contributed by atoms with Gasteiger partial charge in [-0.15, -0.1) is 0 Å². The summed E-state index contributed by atoms with van der Waals surface area (Å²) in [7, 11) is 0. The second-order valence-electron chi connectivity index (χ2n) is 3.83. The molecule has 20 heavy (non-hydrogen) atoms. The number of benzene rings is 2. The minimum absolute atomic E-state index is 0.401. The van der Waals surface area contributed by atoms with Crippen molar-refractivity contribution in [1.82, 2.24) is 0 Å². The summed E-state index contributed by atoms with van der Waals surface area (Å²) < 4.78 is 0.983. The van der Waals surface area contributed by atoms with Crippen LogP contribution in [0.4, 0.5) is 16.2 Å². The van der Waals surface area contributed by atoms with Gasteiger partial charge in [-0.3, -0.25) is 0 Å². The van der Waals surface area contributed by atoms with Crippen LogP contribution in [0.5, 0.6) is 0 Å². The lowest BCUT2D eigenvalue weighted by Gasteiger charge is -2.10. The fraction of sp³-hybridized carbons (Fsp3) is 0. The van der Waals surface area contributed by atoms with Gasteiger partial charge >= 0.3 is 6.03 Å². The predicted octanol–water partition coefficient (Wildman–Crippen LogP) is 5.90. The first-order valence-electron chi connectivity index (χ1n) is 5.44. The smallest absolute Gasteiger partial charge is 0.306 e. The van der Waals surface area contributed by atoms with Crippen LogP contribution in [0, 0.1) is 3.57 Å². The Morgan fingerprint density at radius 2 is 1.60 bits per heavy atom. The van der Waals surface area contributed by atoms with Crippen LogP contribution < -0.4 is 10.6 Å². The largest absolute Gasteiger partial charge is 0.323 e. The fourth-order valence-electron chi connectivity index (χ4n) is 1.46. The van der Waals surface area contributed by atoms with Gasteiger partial charge in [0.05, 0.1) is 21.4 Å². The summed E-state index contributed by atoms with van der Waals surface area (Å²) in [6.45, 7) is 0. The summed E-state index contributed by atoms with van der Waals surface area (Å²) in [6, 6.07) is 9.69. The van der Waals surface area contributed by atoms with Crippen LogP contribution in [-0.4, -0.2) is 6.03 Å². The third kappa shape index (κ3) is 4.15. The number of rotatable bonds is 2. The molecule has 0 heterocycles. The molecule has 0 aliphatic heterocycles. The van der Waals surface area contributed by atoms with E-state index in [0.29, 0.717) is 26.4 Å². The Hall–Kier alpha value is -0.690. The molecule has 0 saturated heterocycles. The second kappa shape index (κ2) is 6.85.